The van der Waals surface area contributed by atoms with E-state index in [1.54, 1.807) is 24.0 Å². The Labute approximate surface area is 164 Å². The van der Waals surface area contributed by atoms with Crippen LogP contribution in [-0.2, 0) is 11.3 Å². The number of amides is 1. The highest BCUT2D eigenvalue weighted by molar-refractivity contribution is 5.76. The average Bonchev–Trinajstić information content (AvgIpc) is 3.13. The van der Waals surface area contributed by atoms with Gasteiger partial charge in [0.15, 0.2) is 5.65 Å². The number of hydrogen-bond donors (Lipinski definition) is 1. The van der Waals surface area contributed by atoms with Gasteiger partial charge in [-0.3, -0.25) is 19.5 Å². The number of hydrogen-bond acceptors (Lipinski definition) is 5. The van der Waals surface area contributed by atoms with Crippen molar-refractivity contribution in [1.82, 2.24) is 29.3 Å². The lowest BCUT2D eigenvalue weighted by Gasteiger charge is -2.35. The highest BCUT2D eigenvalue weighted by atomic mass is 19.1. The Hall–Kier alpha value is -3.30. The molecule has 1 N–H and O–H groups in total. The Morgan fingerprint density at radius 2 is 2.07 bits per heavy atom. The van der Waals surface area contributed by atoms with Gasteiger partial charge in [-0.1, -0.05) is 0 Å². The number of fused-ring (bicyclic) bond motifs is 1. The highest BCUT2D eigenvalue weighted by Crippen LogP contribution is 2.30. The van der Waals surface area contributed by atoms with Gasteiger partial charge in [0.25, 0.3) is 5.56 Å². The molecular weight excluding hydrogens is 379 g/mol. The van der Waals surface area contributed by atoms with Crippen molar-refractivity contribution in [3.63, 3.8) is 0 Å². The lowest BCUT2D eigenvalue weighted by molar-refractivity contribution is -0.136. The number of H-pyrrole nitrogens is 1. The van der Waals surface area contributed by atoms with Gasteiger partial charge in [0, 0.05) is 18.7 Å². The quantitative estimate of drug-likeness (QED) is 0.709. The predicted molar refractivity (Wildman–Crippen MR) is 102 cm³/mol. The monoisotopic (exact) mass is 400 g/mol. The summed E-state index contributed by atoms with van der Waals surface area (Å²) in [7, 11) is 0. The molecule has 1 unspecified atom stereocenters. The number of carbonyl (C=O) groups is 1. The molecule has 0 radical (unpaired) electrons. The molecule has 0 aliphatic carbocycles. The molecule has 1 aliphatic heterocycles. The molecule has 10 heteroatoms. The zero-order valence-corrected chi connectivity index (χ0v) is 16.2. The topological polar surface area (TPSA) is 105 Å². The van der Waals surface area contributed by atoms with E-state index >= 15 is 0 Å². The number of nitrogens with zero attached hydrogens (tertiary/aromatic N) is 5. The van der Waals surface area contributed by atoms with E-state index in [0.29, 0.717) is 30.0 Å². The molecule has 0 saturated carbocycles. The summed E-state index contributed by atoms with van der Waals surface area (Å²) >= 11 is 0. The number of carbonyl (C=O) groups excluding carboxylic acids is 1. The number of aromatic amines is 1. The number of rotatable bonds is 3. The Balaban J connectivity index is 1.67. The minimum absolute atomic E-state index is 0.0297. The fraction of sp³-hybridized carbons (Fsp3) is 0.421. The number of likely N-dealkylation sites (tertiary alicyclic amines) is 1. The van der Waals surface area contributed by atoms with Crippen molar-refractivity contribution in [2.24, 2.45) is 0 Å². The zero-order valence-electron chi connectivity index (χ0n) is 16.2. The van der Waals surface area contributed by atoms with E-state index in [1.807, 2.05) is 0 Å². The Bertz CT molecular complexity index is 1210. The van der Waals surface area contributed by atoms with Gasteiger partial charge in [-0.2, -0.15) is 14.0 Å². The van der Waals surface area contributed by atoms with Crippen LogP contribution in [0.1, 0.15) is 42.4 Å². The first-order valence-electron chi connectivity index (χ1n) is 9.47. The molecular formula is C19H21FN6O3. The molecule has 3 aromatic heterocycles. The van der Waals surface area contributed by atoms with Crippen LogP contribution in [0.25, 0.3) is 5.65 Å². The second kappa shape index (κ2) is 7.26. The van der Waals surface area contributed by atoms with E-state index in [-0.39, 0.29) is 29.7 Å². The van der Waals surface area contributed by atoms with Crippen LogP contribution in [0, 0.1) is 19.7 Å². The molecule has 152 valence electrons. The summed E-state index contributed by atoms with van der Waals surface area (Å²) in [6.45, 7) is 3.55. The molecule has 29 heavy (non-hydrogen) atoms. The third-order valence-corrected chi connectivity index (χ3v) is 5.21. The average molecular weight is 400 g/mol. The number of aromatic nitrogens is 5. The highest BCUT2D eigenvalue weighted by Gasteiger charge is 2.30. The maximum atomic E-state index is 13.9. The van der Waals surface area contributed by atoms with E-state index in [9.17, 15) is 18.8 Å². The van der Waals surface area contributed by atoms with E-state index < -0.39 is 11.4 Å². The normalized spacial score (nSPS) is 17.1. The number of piperidine rings is 1. The van der Waals surface area contributed by atoms with Crippen LogP contribution in [0.5, 0.6) is 0 Å². The van der Waals surface area contributed by atoms with Gasteiger partial charge in [-0.15, -0.1) is 0 Å². The Morgan fingerprint density at radius 3 is 2.86 bits per heavy atom. The largest absolute Gasteiger partial charge is 0.333 e. The molecule has 1 atom stereocenters. The number of aryl methyl sites for hydroxylation is 2. The van der Waals surface area contributed by atoms with Crippen molar-refractivity contribution in [1.29, 1.82) is 0 Å². The van der Waals surface area contributed by atoms with Gasteiger partial charge in [0.2, 0.25) is 11.7 Å². The van der Waals surface area contributed by atoms with Crippen molar-refractivity contribution in [3.8, 4) is 0 Å². The fourth-order valence-electron chi connectivity index (χ4n) is 3.74. The van der Waals surface area contributed by atoms with Crippen LogP contribution in [0.15, 0.2) is 27.8 Å². The summed E-state index contributed by atoms with van der Waals surface area (Å²) in [4.78, 5) is 42.9. The number of nitrogens with one attached hydrogen (secondary N) is 1. The minimum Gasteiger partial charge on any atom is -0.333 e. The predicted octanol–water partition coefficient (Wildman–Crippen LogP) is 1.09. The molecule has 0 bridgehead atoms. The molecule has 9 nitrogen and oxygen atoms in total. The van der Waals surface area contributed by atoms with Gasteiger partial charge in [0.1, 0.15) is 6.54 Å². The Kier molecular flexibility index (Phi) is 4.77. The SMILES string of the molecule is Cc1ccc(=O)n(CC(=O)N2CCCCC2c2cc3nc(C)c(F)c(=O)n3[nH]2)n1. The maximum absolute atomic E-state index is 13.9. The standard InChI is InChI=1S/C19H21FN6O3/c1-11-6-7-16(27)25(22-11)10-17(28)24-8-4-3-5-14(24)13-9-15-21-12(2)18(20)19(29)26(15)23-13/h6-7,9,14,23H,3-5,8,10H2,1-2H3. The third kappa shape index (κ3) is 3.45. The van der Waals surface area contributed by atoms with Gasteiger partial charge in [0.05, 0.1) is 23.1 Å². The summed E-state index contributed by atoms with van der Waals surface area (Å²) in [6.07, 6.45) is 2.43. The van der Waals surface area contributed by atoms with Gasteiger partial charge in [-0.25, -0.2) is 9.67 Å². The second-order valence-electron chi connectivity index (χ2n) is 7.29. The fourth-order valence-corrected chi connectivity index (χ4v) is 3.74. The molecule has 1 aliphatic rings. The number of halogens is 1. The van der Waals surface area contributed by atoms with Gasteiger partial charge < -0.3 is 4.90 Å². The zero-order chi connectivity index (χ0) is 20.7. The van der Waals surface area contributed by atoms with Crippen molar-refractivity contribution in [3.05, 3.63) is 61.8 Å². The van der Waals surface area contributed by atoms with Crippen LogP contribution < -0.4 is 11.1 Å². The van der Waals surface area contributed by atoms with Gasteiger partial charge >= 0.3 is 5.56 Å². The molecule has 3 aromatic rings. The molecule has 1 saturated heterocycles. The lowest BCUT2D eigenvalue weighted by Crippen LogP contribution is -2.42. The molecule has 0 aromatic carbocycles. The first kappa shape index (κ1) is 19.0. The van der Waals surface area contributed by atoms with Gasteiger partial charge in [-0.05, 0) is 39.2 Å². The van der Waals surface area contributed by atoms with Crippen LogP contribution in [0.3, 0.4) is 0 Å². The lowest BCUT2D eigenvalue weighted by atomic mass is 9.99. The van der Waals surface area contributed by atoms with E-state index in [1.165, 1.54) is 13.0 Å². The maximum Gasteiger partial charge on any atom is 0.308 e. The van der Waals surface area contributed by atoms with Crippen molar-refractivity contribution in [2.75, 3.05) is 6.54 Å². The minimum atomic E-state index is -0.905. The first-order valence-corrected chi connectivity index (χ1v) is 9.47. The Morgan fingerprint density at radius 1 is 1.28 bits per heavy atom. The smallest absolute Gasteiger partial charge is 0.308 e. The summed E-state index contributed by atoms with van der Waals surface area (Å²) in [5.74, 6) is -1.14. The molecule has 4 heterocycles. The van der Waals surface area contributed by atoms with Crippen molar-refractivity contribution < 1.29 is 9.18 Å². The summed E-state index contributed by atoms with van der Waals surface area (Å²) in [6, 6.07) is 4.33. The van der Waals surface area contributed by atoms with E-state index in [4.69, 9.17) is 0 Å². The molecule has 1 amide bonds. The third-order valence-electron chi connectivity index (χ3n) is 5.21. The van der Waals surface area contributed by atoms with E-state index in [2.05, 4.69) is 15.2 Å². The summed E-state index contributed by atoms with van der Waals surface area (Å²) < 4.78 is 16.1. The van der Waals surface area contributed by atoms with Crippen molar-refractivity contribution in [2.45, 2.75) is 45.7 Å². The van der Waals surface area contributed by atoms with Crippen LogP contribution in [0.2, 0.25) is 0 Å². The van der Waals surface area contributed by atoms with Crippen LogP contribution in [-0.4, -0.2) is 41.7 Å². The molecule has 1 fully saturated rings. The summed E-state index contributed by atoms with van der Waals surface area (Å²) in [5.41, 5.74) is 0.441. The first-order chi connectivity index (χ1) is 13.8. The van der Waals surface area contributed by atoms with E-state index in [0.717, 1.165) is 22.0 Å². The van der Waals surface area contributed by atoms with Crippen LogP contribution >= 0.6 is 0 Å². The summed E-state index contributed by atoms with van der Waals surface area (Å²) in [5, 5.41) is 7.02. The second-order valence-corrected chi connectivity index (χ2v) is 7.29. The molecule has 4 rings (SSSR count). The van der Waals surface area contributed by atoms with Crippen LogP contribution in [0.4, 0.5) is 4.39 Å². The van der Waals surface area contributed by atoms with Crippen molar-refractivity contribution >= 4 is 11.6 Å². The molecule has 0 spiro atoms.